The van der Waals surface area contributed by atoms with Gasteiger partial charge in [-0.2, -0.15) is 0 Å². The highest BCUT2D eigenvalue weighted by atomic mass is 19.1. The average molecular weight is 382 g/mol. The molecule has 1 aromatic heterocycles. The first kappa shape index (κ1) is 19.2. The second-order valence-electron chi connectivity index (χ2n) is 5.97. The van der Waals surface area contributed by atoms with Gasteiger partial charge in [-0.3, -0.25) is 20.4 Å². The molecule has 0 fully saturated rings. The van der Waals surface area contributed by atoms with Crippen LogP contribution in [-0.4, -0.2) is 18.4 Å². The standard InChI is InChI=1S/C21H19FN2O4/c22-16-6-8-17(9-7-16)27-14-21(26)24-23-20(25)13-11-18-10-12-19(28-18)15-4-2-1-3-5-15/h1-10,12H,11,13-14H2,(H,23,25)(H,24,26). The van der Waals surface area contributed by atoms with E-state index in [1.807, 2.05) is 42.5 Å². The van der Waals surface area contributed by atoms with Crippen LogP contribution in [0.1, 0.15) is 12.2 Å². The fraction of sp³-hybridized carbons (Fsp3) is 0.143. The minimum Gasteiger partial charge on any atom is -0.484 e. The van der Waals surface area contributed by atoms with Crippen molar-refractivity contribution in [1.82, 2.24) is 10.9 Å². The van der Waals surface area contributed by atoms with Crippen LogP contribution in [0.5, 0.6) is 5.75 Å². The summed E-state index contributed by atoms with van der Waals surface area (Å²) in [6, 6.07) is 18.6. The Morgan fingerprint density at radius 2 is 1.61 bits per heavy atom. The van der Waals surface area contributed by atoms with E-state index in [1.165, 1.54) is 24.3 Å². The number of hydrazine groups is 1. The Balaban J connectivity index is 1.37. The number of aryl methyl sites for hydroxylation is 1. The van der Waals surface area contributed by atoms with Gasteiger partial charge in [0.05, 0.1) is 0 Å². The fourth-order valence-electron chi connectivity index (χ4n) is 2.42. The Morgan fingerprint density at radius 3 is 2.36 bits per heavy atom. The molecule has 144 valence electrons. The minimum atomic E-state index is -0.526. The van der Waals surface area contributed by atoms with E-state index in [2.05, 4.69) is 10.9 Å². The van der Waals surface area contributed by atoms with Gasteiger partial charge in [-0.1, -0.05) is 30.3 Å². The molecule has 0 spiro atoms. The van der Waals surface area contributed by atoms with Crippen molar-refractivity contribution in [2.45, 2.75) is 12.8 Å². The molecule has 0 atom stereocenters. The van der Waals surface area contributed by atoms with Crippen LogP contribution in [-0.2, 0) is 16.0 Å². The van der Waals surface area contributed by atoms with Gasteiger partial charge in [-0.05, 0) is 36.4 Å². The van der Waals surface area contributed by atoms with Gasteiger partial charge in [0.1, 0.15) is 23.1 Å². The van der Waals surface area contributed by atoms with Crippen molar-refractivity contribution in [3.05, 3.63) is 78.3 Å². The lowest BCUT2D eigenvalue weighted by atomic mass is 10.2. The van der Waals surface area contributed by atoms with Gasteiger partial charge in [-0.25, -0.2) is 4.39 Å². The molecule has 0 aliphatic rings. The van der Waals surface area contributed by atoms with Crippen LogP contribution < -0.4 is 15.6 Å². The average Bonchev–Trinajstić information content (AvgIpc) is 3.20. The van der Waals surface area contributed by atoms with Crippen molar-refractivity contribution < 1.29 is 23.1 Å². The van der Waals surface area contributed by atoms with Gasteiger partial charge in [0, 0.05) is 18.4 Å². The number of rotatable bonds is 7. The van der Waals surface area contributed by atoms with Gasteiger partial charge in [0.2, 0.25) is 5.91 Å². The van der Waals surface area contributed by atoms with E-state index < -0.39 is 11.7 Å². The number of amides is 2. The molecule has 6 nitrogen and oxygen atoms in total. The summed E-state index contributed by atoms with van der Waals surface area (Å²) < 4.78 is 23.7. The van der Waals surface area contributed by atoms with Crippen molar-refractivity contribution in [2.24, 2.45) is 0 Å². The van der Waals surface area contributed by atoms with Crippen molar-refractivity contribution in [1.29, 1.82) is 0 Å². The zero-order valence-corrected chi connectivity index (χ0v) is 15.0. The molecule has 2 aromatic carbocycles. The lowest BCUT2D eigenvalue weighted by Crippen LogP contribution is -2.43. The molecular formula is C21H19FN2O4. The molecule has 0 unspecified atom stereocenters. The molecular weight excluding hydrogens is 363 g/mol. The molecule has 28 heavy (non-hydrogen) atoms. The second-order valence-corrected chi connectivity index (χ2v) is 5.97. The van der Waals surface area contributed by atoms with Gasteiger partial charge in [0.25, 0.3) is 5.91 Å². The maximum atomic E-state index is 12.8. The Hall–Kier alpha value is -3.61. The number of hydrogen-bond donors (Lipinski definition) is 2. The first-order valence-corrected chi connectivity index (χ1v) is 8.70. The Morgan fingerprint density at radius 1 is 0.893 bits per heavy atom. The van der Waals surface area contributed by atoms with Crippen molar-refractivity contribution in [2.75, 3.05) is 6.61 Å². The minimum absolute atomic E-state index is 0.154. The number of nitrogens with one attached hydrogen (secondary N) is 2. The molecule has 0 saturated carbocycles. The number of hydrogen-bond acceptors (Lipinski definition) is 4. The van der Waals surface area contributed by atoms with E-state index in [-0.39, 0.29) is 18.9 Å². The number of carbonyl (C=O) groups excluding carboxylic acids is 2. The normalized spacial score (nSPS) is 10.3. The monoisotopic (exact) mass is 382 g/mol. The summed E-state index contributed by atoms with van der Waals surface area (Å²) in [5.41, 5.74) is 5.54. The van der Waals surface area contributed by atoms with Gasteiger partial charge < -0.3 is 9.15 Å². The first-order chi connectivity index (χ1) is 13.6. The van der Waals surface area contributed by atoms with Crippen LogP contribution >= 0.6 is 0 Å². The Labute approximate surface area is 161 Å². The lowest BCUT2D eigenvalue weighted by molar-refractivity contribution is -0.130. The quantitative estimate of drug-likeness (QED) is 0.615. The van der Waals surface area contributed by atoms with Crippen LogP contribution in [0.15, 0.2) is 71.1 Å². The predicted molar refractivity (Wildman–Crippen MR) is 101 cm³/mol. The highest BCUT2D eigenvalue weighted by Gasteiger charge is 2.09. The molecule has 1 heterocycles. The third kappa shape index (κ3) is 5.70. The van der Waals surface area contributed by atoms with Gasteiger partial charge in [-0.15, -0.1) is 0 Å². The second kappa shape index (κ2) is 9.36. The highest BCUT2D eigenvalue weighted by molar-refractivity contribution is 5.82. The van der Waals surface area contributed by atoms with Crippen molar-refractivity contribution in [3.63, 3.8) is 0 Å². The van der Waals surface area contributed by atoms with Crippen LogP contribution in [0.2, 0.25) is 0 Å². The van der Waals surface area contributed by atoms with Crippen molar-refractivity contribution in [3.8, 4) is 17.1 Å². The Bertz CT molecular complexity index is 923. The van der Waals surface area contributed by atoms with E-state index >= 15 is 0 Å². The van der Waals surface area contributed by atoms with Crippen LogP contribution in [0.4, 0.5) is 4.39 Å². The fourth-order valence-corrected chi connectivity index (χ4v) is 2.42. The predicted octanol–water partition coefficient (Wildman–Crippen LogP) is 3.24. The molecule has 7 heteroatoms. The van der Waals surface area contributed by atoms with E-state index in [9.17, 15) is 14.0 Å². The topological polar surface area (TPSA) is 80.6 Å². The summed E-state index contributed by atoms with van der Waals surface area (Å²) in [5.74, 6) is 0.503. The van der Waals surface area contributed by atoms with E-state index in [4.69, 9.17) is 9.15 Å². The largest absolute Gasteiger partial charge is 0.484 e. The Kier molecular flexibility index (Phi) is 6.41. The smallest absolute Gasteiger partial charge is 0.276 e. The number of benzene rings is 2. The van der Waals surface area contributed by atoms with E-state index in [0.717, 1.165) is 11.3 Å². The number of ether oxygens (including phenoxy) is 1. The zero-order valence-electron chi connectivity index (χ0n) is 15.0. The molecule has 2 amide bonds. The van der Waals surface area contributed by atoms with Crippen LogP contribution in [0.25, 0.3) is 11.3 Å². The molecule has 0 radical (unpaired) electrons. The maximum absolute atomic E-state index is 12.8. The molecule has 0 aliphatic heterocycles. The van der Waals surface area contributed by atoms with E-state index in [0.29, 0.717) is 17.9 Å². The SMILES string of the molecule is O=C(CCc1ccc(-c2ccccc2)o1)NNC(=O)COc1ccc(F)cc1. The summed E-state index contributed by atoms with van der Waals surface area (Å²) in [7, 11) is 0. The summed E-state index contributed by atoms with van der Waals surface area (Å²) >= 11 is 0. The highest BCUT2D eigenvalue weighted by Crippen LogP contribution is 2.22. The molecule has 0 aliphatic carbocycles. The molecule has 2 N–H and O–H groups in total. The van der Waals surface area contributed by atoms with Crippen LogP contribution in [0, 0.1) is 5.82 Å². The number of halogens is 1. The lowest BCUT2D eigenvalue weighted by Gasteiger charge is -2.08. The first-order valence-electron chi connectivity index (χ1n) is 8.70. The summed E-state index contributed by atoms with van der Waals surface area (Å²) in [5, 5.41) is 0. The molecule has 3 aromatic rings. The van der Waals surface area contributed by atoms with Crippen molar-refractivity contribution >= 4 is 11.8 Å². The third-order valence-electron chi connectivity index (χ3n) is 3.84. The number of carbonyl (C=O) groups is 2. The van der Waals surface area contributed by atoms with E-state index in [1.54, 1.807) is 0 Å². The maximum Gasteiger partial charge on any atom is 0.276 e. The summed E-state index contributed by atoms with van der Waals surface area (Å²) in [6.45, 7) is -0.301. The zero-order chi connectivity index (χ0) is 19.8. The van der Waals surface area contributed by atoms with Gasteiger partial charge in [0.15, 0.2) is 6.61 Å². The summed E-state index contributed by atoms with van der Waals surface area (Å²) in [4.78, 5) is 23.5. The molecule has 0 bridgehead atoms. The van der Waals surface area contributed by atoms with Gasteiger partial charge >= 0.3 is 0 Å². The molecule has 0 saturated heterocycles. The van der Waals surface area contributed by atoms with Crippen LogP contribution in [0.3, 0.4) is 0 Å². The molecule has 3 rings (SSSR count). The summed E-state index contributed by atoms with van der Waals surface area (Å²) in [6.07, 6.45) is 0.557. The third-order valence-corrected chi connectivity index (χ3v) is 3.84. The number of furan rings is 1.